The van der Waals surface area contributed by atoms with E-state index in [4.69, 9.17) is 0 Å². The summed E-state index contributed by atoms with van der Waals surface area (Å²) in [6.07, 6.45) is 0. The number of rotatable bonds is 5. The molecule has 1 atom stereocenters. The molecule has 1 fully saturated rings. The first-order valence-corrected chi connectivity index (χ1v) is 12.1. The molecule has 4 heterocycles. The third kappa shape index (κ3) is 3.95. The summed E-state index contributed by atoms with van der Waals surface area (Å²) in [6, 6.07) is 6.21. The highest BCUT2D eigenvalue weighted by atomic mass is 32.1. The van der Waals surface area contributed by atoms with Crippen LogP contribution in [0.5, 0.6) is 0 Å². The fourth-order valence-electron chi connectivity index (χ4n) is 3.71. The lowest BCUT2D eigenvalue weighted by Crippen LogP contribution is -2.46. The second-order valence-electron chi connectivity index (χ2n) is 7.26. The quantitative estimate of drug-likeness (QED) is 0.612. The topological polar surface area (TPSA) is 35.6 Å². The van der Waals surface area contributed by atoms with Crippen molar-refractivity contribution < 1.29 is 4.79 Å². The van der Waals surface area contributed by atoms with Crippen molar-refractivity contribution in [3.8, 4) is 0 Å². The molecule has 3 aromatic heterocycles. The predicted octanol–water partition coefficient (Wildman–Crippen LogP) is 5.08. The Labute approximate surface area is 178 Å². The van der Waals surface area contributed by atoms with E-state index in [1.165, 1.54) is 32.9 Å². The Balaban J connectivity index is 1.72. The number of nitrogens with zero attached hydrogens (tertiary/aromatic N) is 2. The Morgan fingerprint density at radius 3 is 2.57 bits per heavy atom. The van der Waals surface area contributed by atoms with E-state index in [0.29, 0.717) is 0 Å². The van der Waals surface area contributed by atoms with E-state index in [-0.39, 0.29) is 11.9 Å². The molecular weight excluding hydrogens is 406 g/mol. The second kappa shape index (κ2) is 8.47. The Morgan fingerprint density at radius 2 is 1.93 bits per heavy atom. The number of hydrogen-bond donors (Lipinski definition) is 1. The van der Waals surface area contributed by atoms with E-state index >= 15 is 0 Å². The summed E-state index contributed by atoms with van der Waals surface area (Å²) < 4.78 is 0. The number of piperazine rings is 1. The molecule has 0 aromatic carbocycles. The van der Waals surface area contributed by atoms with Crippen molar-refractivity contribution in [2.24, 2.45) is 0 Å². The summed E-state index contributed by atoms with van der Waals surface area (Å²) in [5.41, 5.74) is 3.87. The number of carbonyl (C=O) groups excluding carboxylic acids is 1. The number of carbonyl (C=O) groups is 1. The van der Waals surface area contributed by atoms with E-state index < -0.39 is 0 Å². The highest BCUT2D eigenvalue weighted by Gasteiger charge is 2.31. The van der Waals surface area contributed by atoms with Gasteiger partial charge in [0.15, 0.2) is 0 Å². The van der Waals surface area contributed by atoms with Crippen LogP contribution < -0.4 is 5.32 Å². The van der Waals surface area contributed by atoms with Gasteiger partial charge in [-0.1, -0.05) is 6.07 Å². The number of nitrogens with one attached hydrogen (secondary N) is 1. The molecule has 0 radical (unpaired) electrons. The molecular formula is C21H25N3OS3. The molecule has 3 aromatic rings. The van der Waals surface area contributed by atoms with Crippen LogP contribution in [0, 0.1) is 13.8 Å². The van der Waals surface area contributed by atoms with Crippen LogP contribution in [0.15, 0.2) is 34.3 Å². The zero-order chi connectivity index (χ0) is 19.7. The largest absolute Gasteiger partial charge is 0.313 e. The van der Waals surface area contributed by atoms with Crippen molar-refractivity contribution in [2.75, 3.05) is 38.5 Å². The van der Waals surface area contributed by atoms with Gasteiger partial charge in [-0.2, -0.15) is 11.3 Å². The number of hydrogen-bond acceptors (Lipinski definition) is 6. The summed E-state index contributed by atoms with van der Waals surface area (Å²) >= 11 is 4.91. The third-order valence-electron chi connectivity index (χ3n) is 5.44. The van der Waals surface area contributed by atoms with Gasteiger partial charge in [0, 0.05) is 36.6 Å². The maximum Gasteiger partial charge on any atom is 0.266 e. The fraction of sp³-hybridized carbons (Fsp3) is 0.381. The highest BCUT2D eigenvalue weighted by Crippen LogP contribution is 2.43. The zero-order valence-corrected chi connectivity index (χ0v) is 18.8. The number of likely N-dealkylation sites (N-methyl/N-ethyl adjacent to an activating group) is 1. The van der Waals surface area contributed by atoms with Gasteiger partial charge in [-0.05, 0) is 60.3 Å². The van der Waals surface area contributed by atoms with Crippen LogP contribution in [0.25, 0.3) is 0 Å². The van der Waals surface area contributed by atoms with Gasteiger partial charge in [0.25, 0.3) is 5.91 Å². The molecule has 0 saturated carbocycles. The van der Waals surface area contributed by atoms with Gasteiger partial charge in [-0.15, -0.1) is 22.7 Å². The monoisotopic (exact) mass is 431 g/mol. The minimum atomic E-state index is -0.0139. The lowest BCUT2D eigenvalue weighted by Gasteiger charge is -2.38. The summed E-state index contributed by atoms with van der Waals surface area (Å²) in [7, 11) is 2.18. The standard InChI is InChI=1S/C21H25N3OS3/c1-14-15(2)28-21(22-20(25)17-5-4-11-27-17)18(14)19(16-6-12-26-13-16)24-9-7-23(3)8-10-24/h4-6,11-13,19H,7-10H2,1-3H3,(H,22,25). The van der Waals surface area contributed by atoms with Crippen molar-refractivity contribution in [1.29, 1.82) is 0 Å². The molecule has 0 aliphatic carbocycles. The molecule has 28 heavy (non-hydrogen) atoms. The number of aryl methyl sites for hydroxylation is 1. The van der Waals surface area contributed by atoms with E-state index in [2.05, 4.69) is 52.8 Å². The average molecular weight is 432 g/mol. The first-order chi connectivity index (χ1) is 13.5. The molecule has 1 unspecified atom stereocenters. The van der Waals surface area contributed by atoms with E-state index in [1.54, 1.807) is 22.7 Å². The van der Waals surface area contributed by atoms with Crippen LogP contribution in [-0.4, -0.2) is 48.9 Å². The molecule has 1 aliphatic heterocycles. The van der Waals surface area contributed by atoms with Crippen molar-refractivity contribution >= 4 is 44.9 Å². The van der Waals surface area contributed by atoms with Crippen LogP contribution >= 0.6 is 34.0 Å². The highest BCUT2D eigenvalue weighted by molar-refractivity contribution is 7.17. The van der Waals surface area contributed by atoms with E-state index in [1.807, 2.05) is 17.5 Å². The first-order valence-electron chi connectivity index (χ1n) is 9.44. The lowest BCUT2D eigenvalue weighted by molar-refractivity contribution is 0.103. The molecule has 1 N–H and O–H groups in total. The second-order valence-corrected chi connectivity index (χ2v) is 10.2. The first kappa shape index (κ1) is 19.8. The zero-order valence-electron chi connectivity index (χ0n) is 16.4. The van der Waals surface area contributed by atoms with Crippen molar-refractivity contribution in [1.82, 2.24) is 9.80 Å². The molecule has 7 heteroatoms. The van der Waals surface area contributed by atoms with Crippen LogP contribution in [0.4, 0.5) is 5.00 Å². The van der Waals surface area contributed by atoms with Gasteiger partial charge in [-0.3, -0.25) is 9.69 Å². The maximum absolute atomic E-state index is 12.8. The molecule has 0 bridgehead atoms. The summed E-state index contributed by atoms with van der Waals surface area (Å²) in [6.45, 7) is 8.54. The normalized spacial score (nSPS) is 17.0. The number of amides is 1. The van der Waals surface area contributed by atoms with Gasteiger partial charge in [0.1, 0.15) is 5.00 Å². The fourth-order valence-corrected chi connectivity index (χ4v) is 6.10. The maximum atomic E-state index is 12.8. The third-order valence-corrected chi connectivity index (χ3v) is 8.15. The molecule has 1 amide bonds. The van der Waals surface area contributed by atoms with Gasteiger partial charge < -0.3 is 10.2 Å². The Hall–Kier alpha value is -1.51. The molecule has 1 aliphatic rings. The summed E-state index contributed by atoms with van der Waals surface area (Å²) in [5.74, 6) is -0.0139. The van der Waals surface area contributed by atoms with Crippen molar-refractivity contribution in [3.05, 3.63) is 60.8 Å². The molecule has 0 spiro atoms. The lowest BCUT2D eigenvalue weighted by atomic mass is 9.96. The molecule has 148 valence electrons. The summed E-state index contributed by atoms with van der Waals surface area (Å²) in [5, 5.41) is 10.6. The van der Waals surface area contributed by atoms with Gasteiger partial charge in [0.05, 0.1) is 10.9 Å². The predicted molar refractivity (Wildman–Crippen MR) is 121 cm³/mol. The van der Waals surface area contributed by atoms with Crippen LogP contribution in [0.3, 0.4) is 0 Å². The number of anilines is 1. The van der Waals surface area contributed by atoms with E-state index in [0.717, 1.165) is 36.1 Å². The number of thiophene rings is 3. The minimum absolute atomic E-state index is 0.0139. The summed E-state index contributed by atoms with van der Waals surface area (Å²) in [4.78, 5) is 19.7. The van der Waals surface area contributed by atoms with Crippen LogP contribution in [0.1, 0.15) is 37.3 Å². The van der Waals surface area contributed by atoms with Gasteiger partial charge >= 0.3 is 0 Å². The van der Waals surface area contributed by atoms with E-state index in [9.17, 15) is 4.79 Å². The average Bonchev–Trinajstić information content (AvgIpc) is 3.43. The minimum Gasteiger partial charge on any atom is -0.313 e. The van der Waals surface area contributed by atoms with Crippen molar-refractivity contribution in [3.63, 3.8) is 0 Å². The smallest absolute Gasteiger partial charge is 0.266 e. The Morgan fingerprint density at radius 1 is 1.14 bits per heavy atom. The van der Waals surface area contributed by atoms with Gasteiger partial charge in [0.2, 0.25) is 0 Å². The molecule has 1 saturated heterocycles. The SMILES string of the molecule is Cc1sc(NC(=O)c2cccs2)c(C(c2ccsc2)N2CCN(C)CC2)c1C. The van der Waals surface area contributed by atoms with Gasteiger partial charge in [-0.25, -0.2) is 0 Å². The molecule has 4 nitrogen and oxygen atoms in total. The Kier molecular flexibility index (Phi) is 5.99. The molecule has 4 rings (SSSR count). The van der Waals surface area contributed by atoms with Crippen LogP contribution in [0.2, 0.25) is 0 Å². The van der Waals surface area contributed by atoms with Crippen molar-refractivity contribution in [2.45, 2.75) is 19.9 Å². The van der Waals surface area contributed by atoms with Crippen LogP contribution in [-0.2, 0) is 0 Å². The Bertz CT molecular complexity index is 923.